The summed E-state index contributed by atoms with van der Waals surface area (Å²) in [6, 6.07) is 2.62. The maximum Gasteiger partial charge on any atom is 0.0695 e. The summed E-state index contributed by atoms with van der Waals surface area (Å²) < 4.78 is 0. The van der Waals surface area contributed by atoms with Crippen molar-refractivity contribution in [2.45, 2.75) is 57.1 Å². The van der Waals surface area contributed by atoms with Gasteiger partial charge in [0, 0.05) is 19.0 Å². The van der Waals surface area contributed by atoms with Crippen LogP contribution in [0.2, 0.25) is 0 Å². The Kier molecular flexibility index (Phi) is 3.51. The molecule has 3 nitrogen and oxygen atoms in total. The smallest absolute Gasteiger partial charge is 0.0695 e. The maximum absolute atomic E-state index is 9.98. The Morgan fingerprint density at radius 2 is 2.06 bits per heavy atom. The van der Waals surface area contributed by atoms with Crippen LogP contribution in [0.15, 0.2) is 0 Å². The Morgan fingerprint density at radius 1 is 1.38 bits per heavy atom. The Morgan fingerprint density at radius 3 is 2.62 bits per heavy atom. The fourth-order valence-corrected chi connectivity index (χ4v) is 2.99. The lowest BCUT2D eigenvalue weighted by molar-refractivity contribution is 0.0239. The van der Waals surface area contributed by atoms with Gasteiger partial charge in [0.05, 0.1) is 12.2 Å². The van der Waals surface area contributed by atoms with Gasteiger partial charge in [0.25, 0.3) is 0 Å². The van der Waals surface area contributed by atoms with Crippen molar-refractivity contribution in [3.63, 3.8) is 0 Å². The molecule has 3 heteroatoms. The number of nitriles is 1. The summed E-state index contributed by atoms with van der Waals surface area (Å²) in [7, 11) is 2.11. The van der Waals surface area contributed by atoms with Crippen LogP contribution in [0.4, 0.5) is 0 Å². The van der Waals surface area contributed by atoms with Gasteiger partial charge in [-0.15, -0.1) is 0 Å². The van der Waals surface area contributed by atoms with Crippen LogP contribution in [-0.2, 0) is 0 Å². The number of aliphatic hydroxyl groups excluding tert-OH is 1. The number of hydrogen-bond acceptors (Lipinski definition) is 3. The number of likely N-dealkylation sites (N-methyl/N-ethyl adjacent to an activating group) is 1. The van der Waals surface area contributed by atoms with Crippen LogP contribution in [-0.4, -0.2) is 35.7 Å². The van der Waals surface area contributed by atoms with Crippen molar-refractivity contribution in [1.82, 2.24) is 4.90 Å². The van der Waals surface area contributed by atoms with E-state index >= 15 is 0 Å². The highest BCUT2D eigenvalue weighted by atomic mass is 16.3. The van der Waals surface area contributed by atoms with Crippen molar-refractivity contribution in [2.24, 2.45) is 5.41 Å². The average molecular weight is 222 g/mol. The first-order valence-electron chi connectivity index (χ1n) is 6.42. The van der Waals surface area contributed by atoms with Gasteiger partial charge in [-0.2, -0.15) is 5.26 Å². The molecule has 0 amide bonds. The van der Waals surface area contributed by atoms with Gasteiger partial charge in [-0.3, -0.25) is 0 Å². The van der Waals surface area contributed by atoms with Crippen molar-refractivity contribution >= 4 is 0 Å². The molecule has 1 N–H and O–H groups in total. The molecule has 2 saturated carbocycles. The quantitative estimate of drug-likeness (QED) is 0.790. The predicted molar refractivity (Wildman–Crippen MR) is 62.8 cm³/mol. The van der Waals surface area contributed by atoms with Gasteiger partial charge in [0.1, 0.15) is 0 Å². The Labute approximate surface area is 98.1 Å². The van der Waals surface area contributed by atoms with Crippen LogP contribution < -0.4 is 0 Å². The van der Waals surface area contributed by atoms with E-state index in [9.17, 15) is 5.11 Å². The molecule has 0 spiro atoms. The molecule has 2 atom stereocenters. The van der Waals surface area contributed by atoms with Crippen LogP contribution in [0.1, 0.15) is 44.9 Å². The Hall–Kier alpha value is -0.590. The van der Waals surface area contributed by atoms with Crippen molar-refractivity contribution in [3.8, 4) is 6.07 Å². The lowest BCUT2D eigenvalue weighted by atomic mass is 9.90. The zero-order valence-electron chi connectivity index (χ0n) is 10.2. The van der Waals surface area contributed by atoms with Crippen LogP contribution in [0.3, 0.4) is 0 Å². The molecule has 16 heavy (non-hydrogen) atoms. The largest absolute Gasteiger partial charge is 0.391 e. The second-order valence-electron chi connectivity index (χ2n) is 5.67. The molecule has 0 bridgehead atoms. The minimum absolute atomic E-state index is 0.156. The summed E-state index contributed by atoms with van der Waals surface area (Å²) in [4.78, 5) is 2.30. The number of nitrogens with zero attached hydrogens (tertiary/aromatic N) is 2. The molecule has 2 unspecified atom stereocenters. The Bertz CT molecular complexity index is 280. The predicted octanol–water partition coefficient (Wildman–Crippen LogP) is 1.92. The van der Waals surface area contributed by atoms with Gasteiger partial charge >= 0.3 is 0 Å². The number of aliphatic hydroxyl groups is 1. The van der Waals surface area contributed by atoms with Crippen LogP contribution in [0, 0.1) is 16.7 Å². The highest BCUT2D eigenvalue weighted by Gasteiger charge is 2.44. The molecular formula is C13H22N2O. The molecule has 2 aliphatic rings. The van der Waals surface area contributed by atoms with Crippen molar-refractivity contribution in [3.05, 3.63) is 0 Å². The highest BCUT2D eigenvalue weighted by molar-refractivity contribution is 5.01. The van der Waals surface area contributed by atoms with Crippen molar-refractivity contribution in [2.75, 3.05) is 13.6 Å². The fraction of sp³-hybridized carbons (Fsp3) is 0.923. The first-order valence-corrected chi connectivity index (χ1v) is 6.42. The second-order valence-corrected chi connectivity index (χ2v) is 5.67. The lowest BCUT2D eigenvalue weighted by Crippen LogP contribution is -2.45. The average Bonchev–Trinajstić information content (AvgIpc) is 2.99. The van der Waals surface area contributed by atoms with E-state index in [2.05, 4.69) is 18.0 Å². The topological polar surface area (TPSA) is 47.3 Å². The first kappa shape index (κ1) is 11.9. The van der Waals surface area contributed by atoms with Gasteiger partial charge in [-0.25, -0.2) is 0 Å². The molecule has 0 saturated heterocycles. The summed E-state index contributed by atoms with van der Waals surface area (Å²) in [5.41, 5.74) is 0.265. The van der Waals surface area contributed by atoms with E-state index in [-0.39, 0.29) is 11.5 Å². The number of hydrogen-bond donors (Lipinski definition) is 1. The van der Waals surface area contributed by atoms with Crippen molar-refractivity contribution < 1.29 is 5.11 Å². The molecule has 0 aliphatic heterocycles. The molecule has 0 aromatic carbocycles. The van der Waals surface area contributed by atoms with Crippen LogP contribution in [0.5, 0.6) is 0 Å². The number of rotatable bonds is 4. The van der Waals surface area contributed by atoms with Crippen LogP contribution >= 0.6 is 0 Å². The molecule has 0 radical (unpaired) electrons. The lowest BCUT2D eigenvalue weighted by Gasteiger charge is -2.36. The zero-order valence-corrected chi connectivity index (χ0v) is 10.2. The zero-order chi connectivity index (χ0) is 11.6. The first-order chi connectivity index (χ1) is 7.67. The highest BCUT2D eigenvalue weighted by Crippen LogP contribution is 2.49. The SMILES string of the molecule is CN(CC1(CC#N)CC1)C1CCCCC1O. The van der Waals surface area contributed by atoms with E-state index in [4.69, 9.17) is 5.26 Å². The minimum atomic E-state index is -0.156. The summed E-state index contributed by atoms with van der Waals surface area (Å²) in [6.07, 6.45) is 7.35. The molecule has 0 aromatic rings. The third-order valence-electron chi connectivity index (χ3n) is 4.26. The monoisotopic (exact) mass is 222 g/mol. The molecular weight excluding hydrogens is 200 g/mol. The van der Waals surface area contributed by atoms with Crippen molar-refractivity contribution in [1.29, 1.82) is 5.26 Å². The van der Waals surface area contributed by atoms with E-state index in [0.29, 0.717) is 12.5 Å². The van der Waals surface area contributed by atoms with E-state index in [1.54, 1.807) is 0 Å². The van der Waals surface area contributed by atoms with Gasteiger partial charge in [-0.05, 0) is 38.1 Å². The van der Waals surface area contributed by atoms with E-state index in [0.717, 1.165) is 25.8 Å². The maximum atomic E-state index is 9.98. The second kappa shape index (κ2) is 4.73. The molecule has 90 valence electrons. The summed E-state index contributed by atoms with van der Waals surface area (Å²) >= 11 is 0. The normalized spacial score (nSPS) is 32.4. The summed E-state index contributed by atoms with van der Waals surface area (Å²) in [5.74, 6) is 0. The molecule has 2 fully saturated rings. The molecule has 0 heterocycles. The van der Waals surface area contributed by atoms with E-state index in [1.807, 2.05) is 0 Å². The van der Waals surface area contributed by atoms with E-state index < -0.39 is 0 Å². The summed E-state index contributed by atoms with van der Waals surface area (Å²) in [5, 5.41) is 18.8. The van der Waals surface area contributed by atoms with Crippen LogP contribution in [0.25, 0.3) is 0 Å². The van der Waals surface area contributed by atoms with E-state index in [1.165, 1.54) is 19.3 Å². The fourth-order valence-electron chi connectivity index (χ4n) is 2.99. The molecule has 2 aliphatic carbocycles. The molecule has 0 aromatic heterocycles. The minimum Gasteiger partial charge on any atom is -0.391 e. The van der Waals surface area contributed by atoms with Gasteiger partial charge in [0.2, 0.25) is 0 Å². The van der Waals surface area contributed by atoms with Gasteiger partial charge in [-0.1, -0.05) is 12.8 Å². The third kappa shape index (κ3) is 2.56. The summed E-state index contributed by atoms with van der Waals surface area (Å²) in [6.45, 7) is 0.988. The van der Waals surface area contributed by atoms with Gasteiger partial charge in [0.15, 0.2) is 0 Å². The third-order valence-corrected chi connectivity index (χ3v) is 4.26. The molecule has 2 rings (SSSR count). The Balaban J connectivity index is 1.87. The standard InChI is InChI=1S/C13H22N2O/c1-15(10-13(6-7-13)8-9-14)11-4-2-3-5-12(11)16/h11-12,16H,2-8,10H2,1H3. The van der Waals surface area contributed by atoms with Gasteiger partial charge < -0.3 is 10.0 Å².